The third kappa shape index (κ3) is 3.88. The number of fused-ring (bicyclic) bond motifs is 1. The van der Waals surface area contributed by atoms with Gasteiger partial charge in [-0.2, -0.15) is 5.10 Å². The average molecular weight is 406 g/mol. The molecular weight excluding hydrogens is 388 g/mol. The fourth-order valence-electron chi connectivity index (χ4n) is 2.97. The summed E-state index contributed by atoms with van der Waals surface area (Å²) in [5.41, 5.74) is 2.02. The molecule has 146 valence electrons. The van der Waals surface area contributed by atoms with Gasteiger partial charge in [0.1, 0.15) is 18.0 Å². The number of methoxy groups -OCH3 is 1. The van der Waals surface area contributed by atoms with Crippen LogP contribution < -0.4 is 15.6 Å². The normalized spacial score (nSPS) is 10.8. The highest BCUT2D eigenvalue weighted by Gasteiger charge is 2.18. The second-order valence-electron chi connectivity index (χ2n) is 6.36. The molecule has 1 N–H and O–H groups in total. The minimum absolute atomic E-state index is 0.205. The van der Waals surface area contributed by atoms with Crippen LogP contribution in [0.15, 0.2) is 59.4 Å². The highest BCUT2D eigenvalue weighted by atomic mass is 32.1. The number of benzene rings is 2. The lowest BCUT2D eigenvalue weighted by Gasteiger charge is -2.10. The van der Waals surface area contributed by atoms with E-state index in [1.165, 1.54) is 16.0 Å². The summed E-state index contributed by atoms with van der Waals surface area (Å²) < 4.78 is 7.08. The number of para-hydroxylation sites is 1. The summed E-state index contributed by atoms with van der Waals surface area (Å²) in [4.78, 5) is 29.7. The molecule has 0 aliphatic heterocycles. The Balaban J connectivity index is 1.75. The van der Waals surface area contributed by atoms with Crippen LogP contribution >= 0.6 is 11.3 Å². The molecule has 2 heterocycles. The number of nitrogens with zero attached hydrogens (tertiary/aromatic N) is 3. The molecule has 0 atom stereocenters. The van der Waals surface area contributed by atoms with Gasteiger partial charge in [-0.3, -0.25) is 9.59 Å². The SMILES string of the molecule is COc1ccc(-c2nn(CC(=O)Nc3ccccc3)c(=O)c3nc(C)sc23)cc1. The van der Waals surface area contributed by atoms with E-state index >= 15 is 0 Å². The Kier molecular flexibility index (Phi) is 5.09. The largest absolute Gasteiger partial charge is 0.497 e. The number of carbonyl (C=O) groups is 1. The maximum atomic E-state index is 12.9. The predicted molar refractivity (Wildman–Crippen MR) is 113 cm³/mol. The van der Waals surface area contributed by atoms with Crippen molar-refractivity contribution in [1.29, 1.82) is 0 Å². The number of aromatic nitrogens is 3. The number of nitrogens with one attached hydrogen (secondary N) is 1. The number of aryl methyl sites for hydroxylation is 1. The van der Waals surface area contributed by atoms with Crippen molar-refractivity contribution in [1.82, 2.24) is 14.8 Å². The Morgan fingerprint density at radius 3 is 2.55 bits per heavy atom. The standard InChI is InChI=1S/C21H18N4O3S/c1-13-22-19-20(29-13)18(14-8-10-16(28-2)11-9-14)24-25(21(19)27)12-17(26)23-15-6-4-3-5-7-15/h3-11H,12H2,1-2H3,(H,23,26). The fraction of sp³-hybridized carbons (Fsp3) is 0.143. The summed E-state index contributed by atoms with van der Waals surface area (Å²) in [6.07, 6.45) is 0. The maximum Gasteiger partial charge on any atom is 0.294 e. The summed E-state index contributed by atoms with van der Waals surface area (Å²) in [5.74, 6) is 0.388. The highest BCUT2D eigenvalue weighted by Crippen LogP contribution is 2.30. The lowest BCUT2D eigenvalue weighted by atomic mass is 10.1. The molecule has 1 amide bonds. The molecule has 0 unspecified atom stereocenters. The lowest BCUT2D eigenvalue weighted by Crippen LogP contribution is -2.30. The molecule has 0 spiro atoms. The van der Waals surface area contributed by atoms with Gasteiger partial charge in [0.05, 0.1) is 16.8 Å². The van der Waals surface area contributed by atoms with Crippen molar-refractivity contribution in [2.75, 3.05) is 12.4 Å². The molecule has 2 aromatic heterocycles. The maximum absolute atomic E-state index is 12.9. The van der Waals surface area contributed by atoms with Gasteiger partial charge in [-0.15, -0.1) is 11.3 Å². The molecule has 0 fully saturated rings. The molecule has 7 nitrogen and oxygen atoms in total. The molecule has 0 radical (unpaired) electrons. The van der Waals surface area contributed by atoms with E-state index in [0.29, 0.717) is 21.6 Å². The quantitative estimate of drug-likeness (QED) is 0.548. The minimum Gasteiger partial charge on any atom is -0.497 e. The Labute approximate surface area is 170 Å². The Morgan fingerprint density at radius 1 is 1.14 bits per heavy atom. The van der Waals surface area contributed by atoms with Crippen molar-refractivity contribution < 1.29 is 9.53 Å². The van der Waals surface area contributed by atoms with Crippen molar-refractivity contribution in [2.24, 2.45) is 0 Å². The molecule has 0 aliphatic carbocycles. The van der Waals surface area contributed by atoms with Gasteiger partial charge < -0.3 is 10.1 Å². The van der Waals surface area contributed by atoms with Crippen LogP contribution in [-0.2, 0) is 11.3 Å². The van der Waals surface area contributed by atoms with E-state index in [9.17, 15) is 9.59 Å². The number of hydrogen-bond acceptors (Lipinski definition) is 6. The van der Waals surface area contributed by atoms with Crippen LogP contribution in [0.2, 0.25) is 0 Å². The van der Waals surface area contributed by atoms with Crippen LogP contribution in [0.5, 0.6) is 5.75 Å². The Morgan fingerprint density at radius 2 is 1.86 bits per heavy atom. The fourth-order valence-corrected chi connectivity index (χ4v) is 3.89. The van der Waals surface area contributed by atoms with Gasteiger partial charge in [-0.1, -0.05) is 18.2 Å². The summed E-state index contributed by atoms with van der Waals surface area (Å²) in [5, 5.41) is 8.03. The smallest absolute Gasteiger partial charge is 0.294 e. The minimum atomic E-state index is -0.384. The number of thiazole rings is 1. The second kappa shape index (κ2) is 7.84. The number of carbonyl (C=O) groups excluding carboxylic acids is 1. The van der Waals surface area contributed by atoms with Crippen molar-refractivity contribution in [3.63, 3.8) is 0 Å². The van der Waals surface area contributed by atoms with Gasteiger partial charge >= 0.3 is 0 Å². The molecule has 0 saturated carbocycles. The first kappa shape index (κ1) is 18.8. The lowest BCUT2D eigenvalue weighted by molar-refractivity contribution is -0.117. The van der Waals surface area contributed by atoms with E-state index < -0.39 is 0 Å². The first-order valence-corrected chi connectivity index (χ1v) is 9.74. The van der Waals surface area contributed by atoms with Crippen LogP contribution in [0, 0.1) is 6.92 Å². The van der Waals surface area contributed by atoms with Gasteiger partial charge in [0.2, 0.25) is 5.91 Å². The summed E-state index contributed by atoms with van der Waals surface area (Å²) in [6.45, 7) is 1.64. The third-order valence-corrected chi connectivity index (χ3v) is 5.30. The Hall–Kier alpha value is -3.52. The van der Waals surface area contributed by atoms with E-state index in [1.807, 2.05) is 49.4 Å². The van der Waals surface area contributed by atoms with Crippen molar-refractivity contribution in [3.8, 4) is 17.0 Å². The number of amides is 1. The molecule has 29 heavy (non-hydrogen) atoms. The van der Waals surface area contributed by atoms with Crippen LogP contribution in [-0.4, -0.2) is 27.8 Å². The van der Waals surface area contributed by atoms with E-state index in [2.05, 4.69) is 15.4 Å². The van der Waals surface area contributed by atoms with Gasteiger partial charge in [0.15, 0.2) is 5.52 Å². The van der Waals surface area contributed by atoms with Crippen LogP contribution in [0.1, 0.15) is 5.01 Å². The highest BCUT2D eigenvalue weighted by molar-refractivity contribution is 7.19. The van der Waals surface area contributed by atoms with Gasteiger partial charge in [0, 0.05) is 11.3 Å². The number of hydrogen-bond donors (Lipinski definition) is 1. The van der Waals surface area contributed by atoms with Crippen molar-refractivity contribution >= 4 is 33.1 Å². The zero-order valence-corrected chi connectivity index (χ0v) is 16.7. The monoisotopic (exact) mass is 406 g/mol. The zero-order valence-electron chi connectivity index (χ0n) is 15.9. The second-order valence-corrected chi connectivity index (χ2v) is 7.57. The summed E-state index contributed by atoms with van der Waals surface area (Å²) in [6, 6.07) is 16.5. The predicted octanol–water partition coefficient (Wildman–Crippen LogP) is 3.48. The van der Waals surface area contributed by atoms with Gasteiger partial charge in [0.25, 0.3) is 5.56 Å². The van der Waals surface area contributed by atoms with E-state index in [-0.39, 0.29) is 18.0 Å². The number of ether oxygens (including phenoxy) is 1. The van der Waals surface area contributed by atoms with E-state index in [4.69, 9.17) is 4.74 Å². The van der Waals surface area contributed by atoms with E-state index in [1.54, 1.807) is 19.2 Å². The van der Waals surface area contributed by atoms with Crippen LogP contribution in [0.4, 0.5) is 5.69 Å². The van der Waals surface area contributed by atoms with Crippen LogP contribution in [0.25, 0.3) is 21.5 Å². The molecule has 0 bridgehead atoms. The first-order valence-electron chi connectivity index (χ1n) is 8.93. The molecule has 8 heteroatoms. The molecule has 0 saturated heterocycles. The topological polar surface area (TPSA) is 86.1 Å². The summed E-state index contributed by atoms with van der Waals surface area (Å²) >= 11 is 1.41. The van der Waals surface area contributed by atoms with Crippen LogP contribution in [0.3, 0.4) is 0 Å². The number of anilines is 1. The van der Waals surface area contributed by atoms with E-state index in [0.717, 1.165) is 16.3 Å². The van der Waals surface area contributed by atoms with Gasteiger partial charge in [-0.05, 0) is 43.3 Å². The first-order chi connectivity index (χ1) is 14.0. The van der Waals surface area contributed by atoms with Gasteiger partial charge in [-0.25, -0.2) is 9.67 Å². The molecule has 4 aromatic rings. The molecule has 0 aliphatic rings. The summed E-state index contributed by atoms with van der Waals surface area (Å²) in [7, 11) is 1.60. The van der Waals surface area contributed by atoms with Crippen molar-refractivity contribution in [2.45, 2.75) is 13.5 Å². The third-order valence-electron chi connectivity index (χ3n) is 4.32. The molecule has 4 rings (SSSR count). The number of rotatable bonds is 5. The average Bonchev–Trinajstić information content (AvgIpc) is 3.13. The van der Waals surface area contributed by atoms with Crippen molar-refractivity contribution in [3.05, 3.63) is 70.0 Å². The molecular formula is C21H18N4O3S. The molecule has 2 aromatic carbocycles. The zero-order chi connectivity index (χ0) is 20.4. The Bertz CT molecular complexity index is 1230.